The van der Waals surface area contributed by atoms with Crippen molar-refractivity contribution in [2.75, 3.05) is 11.9 Å². The Labute approximate surface area is 101 Å². The van der Waals surface area contributed by atoms with Gasteiger partial charge in [0.05, 0.1) is 12.1 Å². The van der Waals surface area contributed by atoms with Gasteiger partial charge < -0.3 is 5.32 Å². The number of anilines is 1. The van der Waals surface area contributed by atoms with Gasteiger partial charge in [0.2, 0.25) is 0 Å². The van der Waals surface area contributed by atoms with Gasteiger partial charge in [-0.05, 0) is 18.6 Å². The fourth-order valence-electron chi connectivity index (χ4n) is 1.73. The van der Waals surface area contributed by atoms with Gasteiger partial charge in [0.25, 0.3) is 0 Å². The molecule has 0 fully saturated rings. The molecule has 1 aromatic heterocycles. The second-order valence-corrected chi connectivity index (χ2v) is 3.81. The van der Waals surface area contributed by atoms with Gasteiger partial charge in [-0.15, -0.1) is 6.42 Å². The largest absolute Gasteiger partial charge is 0.359 e. The molecular formula is C14H15N3. The lowest BCUT2D eigenvalue weighted by Gasteiger charge is -2.08. The summed E-state index contributed by atoms with van der Waals surface area (Å²) in [5.41, 5.74) is 0.963. The molecule has 2 rings (SSSR count). The lowest BCUT2D eigenvalue weighted by atomic mass is 10.2. The molecule has 1 heterocycles. The summed E-state index contributed by atoms with van der Waals surface area (Å²) in [4.78, 5) is 9.04. The van der Waals surface area contributed by atoms with Gasteiger partial charge in [0, 0.05) is 11.8 Å². The number of aromatic nitrogens is 2. The summed E-state index contributed by atoms with van der Waals surface area (Å²) < 4.78 is 0. The number of para-hydroxylation sites is 1. The minimum atomic E-state index is 0.479. The molecule has 1 aromatic carbocycles. The molecule has 3 heteroatoms. The number of terminal acetylenes is 1. The van der Waals surface area contributed by atoms with Crippen molar-refractivity contribution in [3.8, 4) is 12.3 Å². The van der Waals surface area contributed by atoms with Crippen LogP contribution in [0.25, 0.3) is 10.9 Å². The highest BCUT2D eigenvalue weighted by atomic mass is 15.0. The van der Waals surface area contributed by atoms with Gasteiger partial charge in [-0.25, -0.2) is 9.97 Å². The van der Waals surface area contributed by atoms with E-state index in [1.807, 2.05) is 24.3 Å². The molecule has 3 nitrogen and oxygen atoms in total. The predicted octanol–water partition coefficient (Wildman–Crippen LogP) is 2.63. The molecule has 0 bridgehead atoms. The Morgan fingerprint density at radius 3 is 2.88 bits per heavy atom. The van der Waals surface area contributed by atoms with Crippen molar-refractivity contribution >= 4 is 16.7 Å². The molecular weight excluding hydrogens is 210 g/mol. The highest BCUT2D eigenvalue weighted by molar-refractivity contribution is 5.89. The zero-order valence-corrected chi connectivity index (χ0v) is 9.90. The first kappa shape index (κ1) is 11.4. The van der Waals surface area contributed by atoms with Crippen molar-refractivity contribution in [3.63, 3.8) is 0 Å². The first-order valence-electron chi connectivity index (χ1n) is 5.78. The average molecular weight is 225 g/mol. The summed E-state index contributed by atoms with van der Waals surface area (Å²) >= 11 is 0. The molecule has 17 heavy (non-hydrogen) atoms. The van der Waals surface area contributed by atoms with Gasteiger partial charge in [0.1, 0.15) is 11.6 Å². The summed E-state index contributed by atoms with van der Waals surface area (Å²) in [7, 11) is 0. The van der Waals surface area contributed by atoms with Gasteiger partial charge in [-0.1, -0.05) is 25.0 Å². The number of hydrogen-bond donors (Lipinski definition) is 1. The van der Waals surface area contributed by atoms with E-state index in [4.69, 9.17) is 6.42 Å². The van der Waals surface area contributed by atoms with E-state index in [0.29, 0.717) is 6.54 Å². The van der Waals surface area contributed by atoms with E-state index in [9.17, 15) is 0 Å². The smallest absolute Gasteiger partial charge is 0.138 e. The fraction of sp³-hybridized carbons (Fsp3) is 0.286. The summed E-state index contributed by atoms with van der Waals surface area (Å²) in [6.07, 6.45) is 7.18. The van der Waals surface area contributed by atoms with Crippen LogP contribution in [0.1, 0.15) is 19.2 Å². The van der Waals surface area contributed by atoms with Crippen molar-refractivity contribution in [1.29, 1.82) is 0 Å². The molecule has 0 aliphatic rings. The number of aryl methyl sites for hydroxylation is 1. The Kier molecular flexibility index (Phi) is 3.56. The van der Waals surface area contributed by atoms with E-state index in [-0.39, 0.29) is 0 Å². The van der Waals surface area contributed by atoms with E-state index in [0.717, 1.165) is 35.4 Å². The molecule has 86 valence electrons. The quantitative estimate of drug-likeness (QED) is 0.813. The first-order valence-corrected chi connectivity index (χ1v) is 5.78. The molecule has 0 saturated carbocycles. The van der Waals surface area contributed by atoms with Crippen LogP contribution in [0, 0.1) is 12.3 Å². The minimum absolute atomic E-state index is 0.479. The maximum atomic E-state index is 5.26. The molecule has 0 radical (unpaired) electrons. The topological polar surface area (TPSA) is 37.8 Å². The van der Waals surface area contributed by atoms with Crippen molar-refractivity contribution in [1.82, 2.24) is 9.97 Å². The highest BCUT2D eigenvalue weighted by Crippen LogP contribution is 2.20. The third kappa shape index (κ3) is 2.54. The fourth-order valence-corrected chi connectivity index (χ4v) is 1.73. The second kappa shape index (κ2) is 5.31. The number of nitrogens with one attached hydrogen (secondary N) is 1. The summed E-state index contributed by atoms with van der Waals surface area (Å²) in [5, 5.41) is 4.17. The van der Waals surface area contributed by atoms with Crippen LogP contribution in [0.4, 0.5) is 5.82 Å². The van der Waals surface area contributed by atoms with E-state index in [1.165, 1.54) is 0 Å². The summed E-state index contributed by atoms with van der Waals surface area (Å²) in [5.74, 6) is 4.26. The van der Waals surface area contributed by atoms with Crippen LogP contribution in [0.15, 0.2) is 24.3 Å². The standard InChI is InChI=1S/C14H15N3/c1-3-7-13-16-12-9-6-5-8-11(12)14(17-13)15-10-4-2/h2,5-6,8-9H,3,7,10H2,1H3,(H,15,16,17). The van der Waals surface area contributed by atoms with E-state index in [1.54, 1.807) is 0 Å². The van der Waals surface area contributed by atoms with Crippen molar-refractivity contribution < 1.29 is 0 Å². The Balaban J connectivity index is 2.49. The predicted molar refractivity (Wildman–Crippen MR) is 70.9 cm³/mol. The van der Waals surface area contributed by atoms with Crippen LogP contribution in [0.3, 0.4) is 0 Å². The average Bonchev–Trinajstić information content (AvgIpc) is 2.36. The zero-order valence-electron chi connectivity index (χ0n) is 9.90. The SMILES string of the molecule is C#CCNc1nc(CCC)nc2ccccc12. The maximum Gasteiger partial charge on any atom is 0.138 e. The molecule has 0 amide bonds. The minimum Gasteiger partial charge on any atom is -0.359 e. The molecule has 0 atom stereocenters. The molecule has 1 N–H and O–H groups in total. The highest BCUT2D eigenvalue weighted by Gasteiger charge is 2.05. The normalized spacial score (nSPS) is 10.1. The number of fused-ring (bicyclic) bond motifs is 1. The number of hydrogen-bond acceptors (Lipinski definition) is 3. The monoisotopic (exact) mass is 225 g/mol. The zero-order chi connectivity index (χ0) is 12.1. The lowest BCUT2D eigenvalue weighted by Crippen LogP contribution is -2.05. The van der Waals surface area contributed by atoms with Gasteiger partial charge in [0.15, 0.2) is 0 Å². The molecule has 0 aliphatic carbocycles. The van der Waals surface area contributed by atoms with Crippen molar-refractivity contribution in [2.45, 2.75) is 19.8 Å². The van der Waals surface area contributed by atoms with Gasteiger partial charge in [-0.2, -0.15) is 0 Å². The first-order chi connectivity index (χ1) is 8.35. The molecule has 0 spiro atoms. The lowest BCUT2D eigenvalue weighted by molar-refractivity contribution is 0.845. The number of benzene rings is 1. The van der Waals surface area contributed by atoms with Crippen LogP contribution < -0.4 is 5.32 Å². The number of nitrogens with zero attached hydrogens (tertiary/aromatic N) is 2. The van der Waals surface area contributed by atoms with Gasteiger partial charge in [-0.3, -0.25) is 0 Å². The van der Waals surface area contributed by atoms with Crippen LogP contribution in [0.2, 0.25) is 0 Å². The van der Waals surface area contributed by atoms with E-state index in [2.05, 4.69) is 28.1 Å². The number of rotatable bonds is 4. The van der Waals surface area contributed by atoms with E-state index >= 15 is 0 Å². The molecule has 2 aromatic rings. The molecule has 0 unspecified atom stereocenters. The van der Waals surface area contributed by atoms with Crippen molar-refractivity contribution in [3.05, 3.63) is 30.1 Å². The van der Waals surface area contributed by atoms with Crippen molar-refractivity contribution in [2.24, 2.45) is 0 Å². The Bertz CT molecular complexity index is 555. The molecule has 0 aliphatic heterocycles. The summed E-state index contributed by atoms with van der Waals surface area (Å²) in [6.45, 7) is 2.60. The van der Waals surface area contributed by atoms with Gasteiger partial charge >= 0.3 is 0 Å². The second-order valence-electron chi connectivity index (χ2n) is 3.81. The Hall–Kier alpha value is -2.08. The summed E-state index contributed by atoms with van der Waals surface area (Å²) in [6, 6.07) is 7.96. The van der Waals surface area contributed by atoms with Crippen LogP contribution >= 0.6 is 0 Å². The Morgan fingerprint density at radius 2 is 2.12 bits per heavy atom. The Morgan fingerprint density at radius 1 is 1.29 bits per heavy atom. The molecule has 0 saturated heterocycles. The van der Waals surface area contributed by atoms with Crippen LogP contribution in [-0.4, -0.2) is 16.5 Å². The third-order valence-electron chi connectivity index (χ3n) is 2.48. The van der Waals surface area contributed by atoms with Crippen LogP contribution in [-0.2, 0) is 6.42 Å². The van der Waals surface area contributed by atoms with Crippen LogP contribution in [0.5, 0.6) is 0 Å². The maximum absolute atomic E-state index is 5.26. The third-order valence-corrected chi connectivity index (χ3v) is 2.48. The van der Waals surface area contributed by atoms with E-state index < -0.39 is 0 Å².